The molecule has 1 saturated heterocycles. The molecule has 2 aliphatic rings. The van der Waals surface area contributed by atoms with E-state index in [1.807, 2.05) is 22.8 Å². The molecule has 1 saturated carbocycles. The summed E-state index contributed by atoms with van der Waals surface area (Å²) in [5.74, 6) is 0.998. The Morgan fingerprint density at radius 3 is 2.79 bits per heavy atom. The normalized spacial score (nSPS) is 22.0. The highest BCUT2D eigenvalue weighted by Crippen LogP contribution is 2.56. The second kappa shape index (κ2) is 6.35. The van der Waals surface area contributed by atoms with E-state index in [9.17, 15) is 8.42 Å². The summed E-state index contributed by atoms with van der Waals surface area (Å²) >= 11 is 0. The average Bonchev–Trinajstić information content (AvgIpc) is 3.31. The molecule has 2 fully saturated rings. The molecular formula is C20H23N5O2S. The number of sulfonamides is 1. The Labute approximate surface area is 164 Å². The summed E-state index contributed by atoms with van der Waals surface area (Å²) in [5.41, 5.74) is 0.512. The van der Waals surface area contributed by atoms with Gasteiger partial charge in [0.2, 0.25) is 10.0 Å². The molecule has 1 unspecified atom stereocenters. The number of rotatable bonds is 4. The number of aromatic nitrogens is 4. The molecule has 5 rings (SSSR count). The molecule has 0 bridgehead atoms. The van der Waals surface area contributed by atoms with Crippen LogP contribution in [0.2, 0.25) is 0 Å². The second-order valence-electron chi connectivity index (χ2n) is 7.87. The van der Waals surface area contributed by atoms with Gasteiger partial charge in [-0.3, -0.25) is 4.98 Å². The SMILES string of the molecule is CCn1cnnc1C1CN(S(=O)(=O)c2cccc3cccnc23)CC12CCC2. The van der Waals surface area contributed by atoms with Gasteiger partial charge >= 0.3 is 0 Å². The summed E-state index contributed by atoms with van der Waals surface area (Å²) in [6.07, 6.45) is 6.60. The summed E-state index contributed by atoms with van der Waals surface area (Å²) in [4.78, 5) is 4.64. The van der Waals surface area contributed by atoms with Crippen LogP contribution in [0.5, 0.6) is 0 Å². The highest BCUT2D eigenvalue weighted by molar-refractivity contribution is 7.89. The van der Waals surface area contributed by atoms with Crippen LogP contribution >= 0.6 is 0 Å². The molecule has 1 aliphatic carbocycles. The van der Waals surface area contributed by atoms with E-state index in [4.69, 9.17) is 0 Å². The smallest absolute Gasteiger partial charge is 0.245 e. The van der Waals surface area contributed by atoms with E-state index in [2.05, 4.69) is 22.1 Å². The molecule has 7 nitrogen and oxygen atoms in total. The zero-order chi connectivity index (χ0) is 19.4. The number of hydrogen-bond donors (Lipinski definition) is 0. The Kier molecular flexibility index (Phi) is 4.03. The molecule has 1 aliphatic heterocycles. The zero-order valence-electron chi connectivity index (χ0n) is 15.8. The zero-order valence-corrected chi connectivity index (χ0v) is 16.6. The Balaban J connectivity index is 1.56. The standard InChI is InChI=1S/C20H23N5O2S/c1-2-24-14-22-23-19(24)16-12-25(13-20(16)9-5-10-20)28(26,27)17-8-3-6-15-7-4-11-21-18(15)17/h3-4,6-8,11,14,16H,2,5,9-10,12-13H2,1H3. The first kappa shape index (κ1) is 17.8. The van der Waals surface area contributed by atoms with Crippen molar-refractivity contribution in [2.45, 2.75) is 43.5 Å². The molecule has 8 heteroatoms. The third kappa shape index (κ3) is 2.51. The van der Waals surface area contributed by atoms with Crippen LogP contribution < -0.4 is 0 Å². The third-order valence-electron chi connectivity index (χ3n) is 6.48. The summed E-state index contributed by atoms with van der Waals surface area (Å²) < 4.78 is 30.9. The van der Waals surface area contributed by atoms with E-state index in [1.165, 1.54) is 0 Å². The van der Waals surface area contributed by atoms with Crippen LogP contribution in [-0.4, -0.2) is 45.6 Å². The van der Waals surface area contributed by atoms with Crippen LogP contribution in [0.4, 0.5) is 0 Å². The Morgan fingerprint density at radius 2 is 2.04 bits per heavy atom. The highest BCUT2D eigenvalue weighted by Gasteiger charge is 2.55. The van der Waals surface area contributed by atoms with Crippen molar-refractivity contribution in [2.75, 3.05) is 13.1 Å². The van der Waals surface area contributed by atoms with Crippen LogP contribution in [0.15, 0.2) is 47.8 Å². The van der Waals surface area contributed by atoms with Gasteiger partial charge in [-0.1, -0.05) is 24.6 Å². The minimum Gasteiger partial charge on any atom is -0.318 e. The van der Waals surface area contributed by atoms with Gasteiger partial charge in [0.1, 0.15) is 17.0 Å². The van der Waals surface area contributed by atoms with Crippen molar-refractivity contribution in [3.05, 3.63) is 48.7 Å². The molecule has 0 radical (unpaired) electrons. The van der Waals surface area contributed by atoms with Crippen molar-refractivity contribution in [3.63, 3.8) is 0 Å². The van der Waals surface area contributed by atoms with Gasteiger partial charge in [0.05, 0.1) is 5.52 Å². The Hall–Kier alpha value is -2.32. The predicted octanol–water partition coefficient (Wildman–Crippen LogP) is 2.80. The molecule has 1 atom stereocenters. The molecule has 3 aromatic rings. The molecule has 3 heterocycles. The lowest BCUT2D eigenvalue weighted by Crippen LogP contribution is -2.38. The molecule has 28 heavy (non-hydrogen) atoms. The van der Waals surface area contributed by atoms with Gasteiger partial charge in [-0.05, 0) is 37.3 Å². The summed E-state index contributed by atoms with van der Waals surface area (Å²) in [7, 11) is -3.64. The second-order valence-corrected chi connectivity index (χ2v) is 9.78. The monoisotopic (exact) mass is 397 g/mol. The average molecular weight is 398 g/mol. The van der Waals surface area contributed by atoms with Crippen molar-refractivity contribution in [1.82, 2.24) is 24.1 Å². The highest BCUT2D eigenvalue weighted by atomic mass is 32.2. The van der Waals surface area contributed by atoms with E-state index >= 15 is 0 Å². The lowest BCUT2D eigenvalue weighted by Gasteiger charge is -2.42. The largest absolute Gasteiger partial charge is 0.318 e. The minimum absolute atomic E-state index is 0.0228. The summed E-state index contributed by atoms with van der Waals surface area (Å²) in [6.45, 7) is 3.84. The molecule has 146 valence electrons. The van der Waals surface area contributed by atoms with E-state index in [-0.39, 0.29) is 16.2 Å². The Bertz CT molecular complexity index is 1130. The third-order valence-corrected chi connectivity index (χ3v) is 8.32. The van der Waals surface area contributed by atoms with Crippen LogP contribution in [0.3, 0.4) is 0 Å². The topological polar surface area (TPSA) is 81.0 Å². The summed E-state index contributed by atoms with van der Waals surface area (Å²) in [5, 5.41) is 9.28. The van der Waals surface area contributed by atoms with Gasteiger partial charge in [0.25, 0.3) is 0 Å². The van der Waals surface area contributed by atoms with Crippen molar-refractivity contribution >= 4 is 20.9 Å². The van der Waals surface area contributed by atoms with Gasteiger partial charge < -0.3 is 4.57 Å². The van der Waals surface area contributed by atoms with Gasteiger partial charge in [-0.25, -0.2) is 8.42 Å². The minimum atomic E-state index is -3.64. The fourth-order valence-corrected chi connectivity index (χ4v) is 6.52. The first-order chi connectivity index (χ1) is 13.5. The number of aryl methyl sites for hydroxylation is 1. The van der Waals surface area contributed by atoms with Gasteiger partial charge in [0.15, 0.2) is 0 Å². The van der Waals surface area contributed by atoms with E-state index in [1.54, 1.807) is 29.0 Å². The Morgan fingerprint density at radius 1 is 1.21 bits per heavy atom. The van der Waals surface area contributed by atoms with Crippen LogP contribution in [-0.2, 0) is 16.6 Å². The van der Waals surface area contributed by atoms with E-state index < -0.39 is 10.0 Å². The maximum absolute atomic E-state index is 13.6. The predicted molar refractivity (Wildman–Crippen MR) is 105 cm³/mol. The summed E-state index contributed by atoms with van der Waals surface area (Å²) in [6, 6.07) is 9.07. The van der Waals surface area contributed by atoms with Crippen LogP contribution in [0.25, 0.3) is 10.9 Å². The fourth-order valence-electron chi connectivity index (χ4n) is 4.80. The van der Waals surface area contributed by atoms with Crippen molar-refractivity contribution in [1.29, 1.82) is 0 Å². The number of benzene rings is 1. The fraction of sp³-hybridized carbons (Fsp3) is 0.450. The molecule has 2 aromatic heterocycles. The number of pyridine rings is 1. The number of nitrogens with zero attached hydrogens (tertiary/aromatic N) is 5. The van der Waals surface area contributed by atoms with Crippen molar-refractivity contribution in [3.8, 4) is 0 Å². The number of para-hydroxylation sites is 1. The van der Waals surface area contributed by atoms with Crippen molar-refractivity contribution in [2.24, 2.45) is 5.41 Å². The van der Waals surface area contributed by atoms with Gasteiger partial charge in [-0.15, -0.1) is 10.2 Å². The van der Waals surface area contributed by atoms with Crippen LogP contribution in [0, 0.1) is 5.41 Å². The maximum atomic E-state index is 13.6. The van der Waals surface area contributed by atoms with E-state index in [0.717, 1.165) is 37.0 Å². The van der Waals surface area contributed by atoms with Gasteiger partial charge in [-0.2, -0.15) is 4.31 Å². The first-order valence-corrected chi connectivity index (χ1v) is 11.2. The number of fused-ring (bicyclic) bond motifs is 1. The maximum Gasteiger partial charge on any atom is 0.245 e. The molecule has 0 N–H and O–H groups in total. The molecule has 1 aromatic carbocycles. The van der Waals surface area contributed by atoms with Crippen molar-refractivity contribution < 1.29 is 8.42 Å². The van der Waals surface area contributed by atoms with Gasteiger partial charge in [0, 0.05) is 37.1 Å². The first-order valence-electron chi connectivity index (χ1n) is 9.77. The quantitative estimate of drug-likeness (QED) is 0.676. The number of hydrogen-bond acceptors (Lipinski definition) is 5. The molecule has 1 spiro atoms. The molecular weight excluding hydrogens is 374 g/mol. The lowest BCUT2D eigenvalue weighted by atomic mass is 9.62. The van der Waals surface area contributed by atoms with E-state index in [0.29, 0.717) is 18.6 Å². The molecule has 0 amide bonds. The lowest BCUT2D eigenvalue weighted by molar-refractivity contribution is 0.125. The van der Waals surface area contributed by atoms with Crippen LogP contribution in [0.1, 0.15) is 37.9 Å².